The fraction of sp³-hybridized carbons (Fsp3) is 0.571. The van der Waals surface area contributed by atoms with Crippen molar-refractivity contribution in [3.05, 3.63) is 25.3 Å². The van der Waals surface area contributed by atoms with Crippen molar-refractivity contribution >= 4 is 23.0 Å². The number of ether oxygens (including phenoxy) is 2. The van der Waals surface area contributed by atoms with Crippen LogP contribution in [-0.2, 0) is 9.47 Å². The van der Waals surface area contributed by atoms with Crippen LogP contribution in [0.15, 0.2) is 30.3 Å². The minimum atomic E-state index is -1.52. The van der Waals surface area contributed by atoms with Gasteiger partial charge in [-0.15, -0.1) is 13.2 Å². The molecule has 23 heavy (non-hydrogen) atoms. The molecule has 1 fully saturated rings. The van der Waals surface area contributed by atoms with Gasteiger partial charge >= 0.3 is 6.09 Å². The Labute approximate surface area is 137 Å². The van der Waals surface area contributed by atoms with Gasteiger partial charge in [-0.2, -0.15) is 0 Å². The van der Waals surface area contributed by atoms with E-state index < -0.39 is 42.6 Å². The number of carboxylic acid groups (broad SMARTS) is 1. The summed E-state index contributed by atoms with van der Waals surface area (Å²) in [6.45, 7) is 6.74. The summed E-state index contributed by atoms with van der Waals surface area (Å²) >= 11 is 1.02. The van der Waals surface area contributed by atoms with Gasteiger partial charge < -0.3 is 19.7 Å². The Balaban J connectivity index is 2.18. The molecule has 7 nitrogen and oxygen atoms in total. The molecule has 1 saturated heterocycles. The number of hydrogen-bond donors (Lipinski definition) is 2. The van der Waals surface area contributed by atoms with Gasteiger partial charge in [-0.1, -0.05) is 23.9 Å². The van der Waals surface area contributed by atoms with Crippen molar-refractivity contribution in [1.29, 1.82) is 0 Å². The SMILES string of the molecule is C=CCO[C@H]1[C@H](F)[C@H]2N=C(N(CC=C)C(=O)O)S[C@H]2O[C@@H]1CO. The number of amides is 1. The van der Waals surface area contributed by atoms with Crippen molar-refractivity contribution in [3.8, 4) is 0 Å². The van der Waals surface area contributed by atoms with Gasteiger partial charge in [0.25, 0.3) is 0 Å². The first-order valence-electron chi connectivity index (χ1n) is 7.02. The third-order valence-corrected chi connectivity index (χ3v) is 4.59. The number of carbonyl (C=O) groups is 1. The zero-order valence-corrected chi connectivity index (χ0v) is 13.2. The molecule has 2 aliphatic rings. The van der Waals surface area contributed by atoms with Crippen LogP contribution in [0.4, 0.5) is 9.18 Å². The Morgan fingerprint density at radius 1 is 1.52 bits per heavy atom. The molecule has 5 atom stereocenters. The largest absolute Gasteiger partial charge is 0.465 e. The molecule has 0 saturated carbocycles. The van der Waals surface area contributed by atoms with E-state index in [0.29, 0.717) is 0 Å². The molecule has 0 radical (unpaired) electrons. The number of rotatable bonds is 6. The summed E-state index contributed by atoms with van der Waals surface area (Å²) in [5.74, 6) is 0. The first-order chi connectivity index (χ1) is 11.0. The Kier molecular flexibility index (Phi) is 6.17. The van der Waals surface area contributed by atoms with Gasteiger partial charge in [0.2, 0.25) is 0 Å². The summed E-state index contributed by atoms with van der Waals surface area (Å²) in [5.41, 5.74) is -0.701. The predicted octanol–water partition coefficient (Wildman–Crippen LogP) is 1.25. The van der Waals surface area contributed by atoms with Crippen molar-refractivity contribution < 1.29 is 28.9 Å². The fourth-order valence-electron chi connectivity index (χ4n) is 2.40. The van der Waals surface area contributed by atoms with Crippen LogP contribution in [0.5, 0.6) is 0 Å². The number of alkyl halides is 1. The van der Waals surface area contributed by atoms with Gasteiger partial charge in [-0.05, 0) is 0 Å². The summed E-state index contributed by atoms with van der Waals surface area (Å²) < 4.78 is 25.7. The van der Waals surface area contributed by atoms with Gasteiger partial charge in [0.05, 0.1) is 13.2 Å². The molecule has 0 bridgehead atoms. The number of thioether (sulfide) groups is 1. The Morgan fingerprint density at radius 2 is 2.26 bits per heavy atom. The second kappa shape index (κ2) is 7.91. The van der Waals surface area contributed by atoms with Crippen LogP contribution in [0, 0.1) is 0 Å². The fourth-order valence-corrected chi connectivity index (χ4v) is 3.62. The van der Waals surface area contributed by atoms with E-state index in [9.17, 15) is 19.4 Å². The van der Waals surface area contributed by atoms with Gasteiger partial charge in [0.1, 0.15) is 23.7 Å². The van der Waals surface area contributed by atoms with Crippen LogP contribution in [0.3, 0.4) is 0 Å². The second-order valence-electron chi connectivity index (χ2n) is 4.96. The third kappa shape index (κ3) is 3.74. The highest BCUT2D eigenvalue weighted by Gasteiger charge is 2.51. The third-order valence-electron chi connectivity index (χ3n) is 3.44. The highest BCUT2D eigenvalue weighted by Crippen LogP contribution is 2.39. The molecule has 0 aromatic carbocycles. The van der Waals surface area contributed by atoms with Gasteiger partial charge in [-0.3, -0.25) is 9.89 Å². The van der Waals surface area contributed by atoms with E-state index in [1.54, 1.807) is 0 Å². The van der Waals surface area contributed by atoms with Crippen LogP contribution in [-0.4, -0.2) is 76.0 Å². The number of hydrogen-bond acceptors (Lipinski definition) is 6. The van der Waals surface area contributed by atoms with E-state index >= 15 is 0 Å². The lowest BCUT2D eigenvalue weighted by Crippen LogP contribution is -2.55. The molecule has 2 aliphatic heterocycles. The van der Waals surface area contributed by atoms with Gasteiger partial charge in [-0.25, -0.2) is 9.18 Å². The molecule has 9 heteroatoms. The molecule has 0 unspecified atom stereocenters. The molecular formula is C14H19FN2O5S. The molecule has 0 spiro atoms. The molecule has 0 aromatic heterocycles. The molecule has 2 heterocycles. The zero-order chi connectivity index (χ0) is 17.0. The average molecular weight is 346 g/mol. The van der Waals surface area contributed by atoms with Crippen LogP contribution < -0.4 is 0 Å². The second-order valence-corrected chi connectivity index (χ2v) is 6.02. The summed E-state index contributed by atoms with van der Waals surface area (Å²) in [6.07, 6.45) is -1.66. The highest BCUT2D eigenvalue weighted by atomic mass is 32.2. The monoisotopic (exact) mass is 346 g/mol. The van der Waals surface area contributed by atoms with E-state index in [-0.39, 0.29) is 18.3 Å². The van der Waals surface area contributed by atoms with E-state index in [1.807, 2.05) is 0 Å². The molecule has 128 valence electrons. The van der Waals surface area contributed by atoms with E-state index in [1.165, 1.54) is 12.2 Å². The van der Waals surface area contributed by atoms with Crippen molar-refractivity contribution in [2.45, 2.75) is 29.9 Å². The van der Waals surface area contributed by atoms with E-state index in [4.69, 9.17) is 9.47 Å². The number of amidine groups is 1. The van der Waals surface area contributed by atoms with Crippen molar-refractivity contribution in [3.63, 3.8) is 0 Å². The maximum Gasteiger partial charge on any atom is 0.413 e. The van der Waals surface area contributed by atoms with Crippen molar-refractivity contribution in [2.75, 3.05) is 19.8 Å². The van der Waals surface area contributed by atoms with E-state index in [0.717, 1.165) is 16.7 Å². The molecule has 2 rings (SSSR count). The first-order valence-corrected chi connectivity index (χ1v) is 7.90. The van der Waals surface area contributed by atoms with E-state index in [2.05, 4.69) is 18.2 Å². The molecule has 1 amide bonds. The number of aliphatic hydroxyl groups is 1. The highest BCUT2D eigenvalue weighted by molar-refractivity contribution is 8.14. The van der Waals surface area contributed by atoms with Crippen LogP contribution in [0.2, 0.25) is 0 Å². The quantitative estimate of drug-likeness (QED) is 0.704. The minimum absolute atomic E-state index is 0.0391. The molecule has 0 aliphatic carbocycles. The molecule has 0 aromatic rings. The van der Waals surface area contributed by atoms with Gasteiger partial charge in [0, 0.05) is 6.54 Å². The smallest absolute Gasteiger partial charge is 0.413 e. The standard InChI is InChI=1S/C14H19FN2O5S/c1-3-5-17(14(19)20)13-16-10-9(15)11(21-6-4-2)8(7-18)22-12(10)23-13/h3-4,8-12,18H,1-2,5-7H2,(H,19,20)/t8-,9-,10-,11-,12-/m1/s1. The van der Waals surface area contributed by atoms with Crippen molar-refractivity contribution in [2.24, 2.45) is 4.99 Å². The van der Waals surface area contributed by atoms with Crippen LogP contribution in [0.1, 0.15) is 0 Å². The number of aliphatic imine (C=N–C) groups is 1. The van der Waals surface area contributed by atoms with Crippen LogP contribution >= 0.6 is 11.8 Å². The van der Waals surface area contributed by atoms with Crippen LogP contribution in [0.25, 0.3) is 0 Å². The lowest BCUT2D eigenvalue weighted by Gasteiger charge is -2.38. The maximum absolute atomic E-state index is 14.7. The van der Waals surface area contributed by atoms with Gasteiger partial charge in [0.15, 0.2) is 11.3 Å². The topological polar surface area (TPSA) is 91.6 Å². The Hall–Kier alpha value is -1.42. The average Bonchev–Trinajstić information content (AvgIpc) is 2.95. The molecule has 2 N–H and O–H groups in total. The summed E-state index contributed by atoms with van der Waals surface area (Å²) in [6, 6.07) is -0.890. The minimum Gasteiger partial charge on any atom is -0.465 e. The zero-order valence-electron chi connectivity index (χ0n) is 12.4. The normalized spacial score (nSPS) is 32.8. The Bertz CT molecular complexity index is 504. The number of nitrogens with zero attached hydrogens (tertiary/aromatic N) is 2. The predicted molar refractivity (Wildman–Crippen MR) is 84.3 cm³/mol. The summed E-state index contributed by atoms with van der Waals surface area (Å²) in [7, 11) is 0. The summed E-state index contributed by atoms with van der Waals surface area (Å²) in [4.78, 5) is 16.4. The first kappa shape index (κ1) is 17.9. The molecular weight excluding hydrogens is 327 g/mol. The summed E-state index contributed by atoms with van der Waals surface area (Å²) in [5, 5.41) is 18.7. The lowest BCUT2D eigenvalue weighted by atomic mass is 10.00. The van der Waals surface area contributed by atoms with Crippen molar-refractivity contribution in [1.82, 2.24) is 4.90 Å². The maximum atomic E-state index is 14.7. The Morgan fingerprint density at radius 3 is 2.83 bits per heavy atom. The number of halogens is 1. The lowest BCUT2D eigenvalue weighted by molar-refractivity contribution is -0.162. The number of fused-ring (bicyclic) bond motifs is 1. The number of aliphatic hydroxyl groups excluding tert-OH is 1.